The van der Waals surface area contributed by atoms with Crippen molar-refractivity contribution in [3.63, 3.8) is 0 Å². The third-order valence-corrected chi connectivity index (χ3v) is 4.28. The van der Waals surface area contributed by atoms with Crippen molar-refractivity contribution in [1.82, 2.24) is 9.55 Å². The van der Waals surface area contributed by atoms with Crippen LogP contribution >= 0.6 is 15.9 Å². The molecule has 0 unspecified atom stereocenters. The first-order chi connectivity index (χ1) is 12.9. The molecule has 3 rings (SSSR count). The van der Waals surface area contributed by atoms with E-state index in [0.717, 1.165) is 10.0 Å². The summed E-state index contributed by atoms with van der Waals surface area (Å²) in [6.45, 7) is -0.0340. The number of imidazole rings is 1. The van der Waals surface area contributed by atoms with Gasteiger partial charge in [-0.05, 0) is 24.3 Å². The molecule has 0 atom stereocenters. The summed E-state index contributed by atoms with van der Waals surface area (Å²) in [6, 6.07) is 12.8. The Balaban J connectivity index is 1.66. The topological polar surface area (TPSA) is 96.5 Å². The summed E-state index contributed by atoms with van der Waals surface area (Å²) in [7, 11) is 1.80. The molecule has 0 saturated heterocycles. The molecule has 0 aliphatic rings. The van der Waals surface area contributed by atoms with Crippen LogP contribution in [-0.2, 0) is 18.4 Å². The molecule has 2 aromatic carbocycles. The number of halogens is 1. The zero-order valence-corrected chi connectivity index (χ0v) is 15.8. The summed E-state index contributed by atoms with van der Waals surface area (Å²) >= 11 is 3.39. The molecule has 0 aliphatic heterocycles. The number of nitro groups is 1. The molecule has 3 aromatic rings. The lowest BCUT2D eigenvalue weighted by atomic mass is 10.1. The maximum absolute atomic E-state index is 11.9. The van der Waals surface area contributed by atoms with Gasteiger partial charge in [0, 0.05) is 29.2 Å². The van der Waals surface area contributed by atoms with Gasteiger partial charge < -0.3 is 14.0 Å². The van der Waals surface area contributed by atoms with Gasteiger partial charge in [-0.25, -0.2) is 9.78 Å². The highest BCUT2D eigenvalue weighted by atomic mass is 79.9. The van der Waals surface area contributed by atoms with E-state index in [1.165, 1.54) is 24.3 Å². The molecule has 0 N–H and O–H groups in total. The summed E-state index contributed by atoms with van der Waals surface area (Å²) in [5.41, 5.74) is 2.21. The molecule has 1 aromatic heterocycles. The van der Waals surface area contributed by atoms with E-state index in [1.807, 2.05) is 24.3 Å². The number of ether oxygens (including phenoxy) is 2. The normalized spacial score (nSPS) is 10.4. The van der Waals surface area contributed by atoms with E-state index in [0.29, 0.717) is 11.4 Å². The summed E-state index contributed by atoms with van der Waals surface area (Å²) < 4.78 is 12.9. The largest absolute Gasteiger partial charge is 0.514 e. The Hall–Kier alpha value is -3.20. The van der Waals surface area contributed by atoms with E-state index in [9.17, 15) is 14.9 Å². The van der Waals surface area contributed by atoms with E-state index in [4.69, 9.17) is 9.47 Å². The van der Waals surface area contributed by atoms with Crippen molar-refractivity contribution < 1.29 is 19.2 Å². The van der Waals surface area contributed by atoms with Gasteiger partial charge in [0.2, 0.25) is 0 Å². The van der Waals surface area contributed by atoms with E-state index in [-0.39, 0.29) is 18.0 Å². The van der Waals surface area contributed by atoms with Crippen molar-refractivity contribution in [2.75, 3.05) is 0 Å². The van der Waals surface area contributed by atoms with Gasteiger partial charge in [-0.2, -0.15) is 0 Å². The highest BCUT2D eigenvalue weighted by Gasteiger charge is 2.15. The second-order valence-electron chi connectivity index (χ2n) is 5.55. The molecular weight excluding hydrogens is 418 g/mol. The van der Waals surface area contributed by atoms with Crippen molar-refractivity contribution in [2.24, 2.45) is 7.05 Å². The van der Waals surface area contributed by atoms with Gasteiger partial charge in [-0.3, -0.25) is 10.1 Å². The quantitative estimate of drug-likeness (QED) is 0.255. The molecule has 1 heterocycles. The van der Waals surface area contributed by atoms with E-state index in [1.54, 1.807) is 17.9 Å². The predicted octanol–water partition coefficient (Wildman–Crippen LogP) is 4.47. The summed E-state index contributed by atoms with van der Waals surface area (Å²) in [5.74, 6) is 0.156. The average Bonchev–Trinajstić information content (AvgIpc) is 3.01. The molecule has 0 amide bonds. The number of hydrogen-bond acceptors (Lipinski definition) is 6. The molecular formula is C18H14BrN3O5. The Kier molecular flexibility index (Phi) is 5.51. The molecule has 8 nitrogen and oxygen atoms in total. The maximum atomic E-state index is 11.9. The van der Waals surface area contributed by atoms with E-state index >= 15 is 0 Å². The van der Waals surface area contributed by atoms with E-state index in [2.05, 4.69) is 20.9 Å². The Morgan fingerprint density at radius 3 is 2.48 bits per heavy atom. The SMILES string of the molecule is Cn1cnc(-c2ccc(Br)cc2)c1COC(=O)Oc1ccc([N+](=O)[O-])cc1. The fraction of sp³-hybridized carbons (Fsp3) is 0.111. The van der Waals surface area contributed by atoms with Gasteiger partial charge in [0.25, 0.3) is 5.69 Å². The molecule has 27 heavy (non-hydrogen) atoms. The van der Waals surface area contributed by atoms with Crippen molar-refractivity contribution in [3.8, 4) is 17.0 Å². The lowest BCUT2D eigenvalue weighted by molar-refractivity contribution is -0.384. The number of hydrogen-bond donors (Lipinski definition) is 0. The molecule has 138 valence electrons. The fourth-order valence-electron chi connectivity index (χ4n) is 2.36. The van der Waals surface area contributed by atoms with Gasteiger partial charge in [0.15, 0.2) is 0 Å². The van der Waals surface area contributed by atoms with Gasteiger partial charge in [-0.15, -0.1) is 0 Å². The minimum atomic E-state index is -0.910. The first-order valence-electron chi connectivity index (χ1n) is 7.79. The highest BCUT2D eigenvalue weighted by Crippen LogP contribution is 2.24. The fourth-order valence-corrected chi connectivity index (χ4v) is 2.63. The van der Waals surface area contributed by atoms with Crippen LogP contribution in [0.2, 0.25) is 0 Å². The average molecular weight is 432 g/mol. The zero-order chi connectivity index (χ0) is 19.4. The Labute approximate surface area is 162 Å². The first kappa shape index (κ1) is 18.6. The lowest BCUT2D eigenvalue weighted by Crippen LogP contribution is -2.12. The number of aromatic nitrogens is 2. The van der Waals surface area contributed by atoms with Crippen LogP contribution in [0.15, 0.2) is 59.3 Å². The smallest absolute Gasteiger partial charge is 0.427 e. The van der Waals surface area contributed by atoms with Gasteiger partial charge in [-0.1, -0.05) is 28.1 Å². The lowest BCUT2D eigenvalue weighted by Gasteiger charge is -2.08. The van der Waals surface area contributed by atoms with Gasteiger partial charge in [0.1, 0.15) is 12.4 Å². The molecule has 0 spiro atoms. The molecule has 0 aliphatic carbocycles. The van der Waals surface area contributed by atoms with E-state index < -0.39 is 11.1 Å². The number of carbonyl (C=O) groups excluding carboxylic acids is 1. The van der Waals surface area contributed by atoms with Crippen LogP contribution in [0.3, 0.4) is 0 Å². The Morgan fingerprint density at radius 1 is 1.19 bits per heavy atom. The first-order valence-corrected chi connectivity index (χ1v) is 8.58. The zero-order valence-electron chi connectivity index (χ0n) is 14.2. The maximum Gasteiger partial charge on any atom is 0.514 e. The number of non-ortho nitro benzene ring substituents is 1. The van der Waals surface area contributed by atoms with Crippen LogP contribution in [0.1, 0.15) is 5.69 Å². The van der Waals surface area contributed by atoms with Gasteiger partial charge in [0.05, 0.1) is 22.6 Å². The minimum Gasteiger partial charge on any atom is -0.427 e. The number of rotatable bonds is 5. The Bertz CT molecular complexity index is 968. The van der Waals surface area contributed by atoms with Crippen molar-refractivity contribution in [2.45, 2.75) is 6.61 Å². The Morgan fingerprint density at radius 2 is 1.85 bits per heavy atom. The van der Waals surface area contributed by atoms with Crippen LogP contribution in [0.5, 0.6) is 5.75 Å². The number of aryl methyl sites for hydroxylation is 1. The van der Waals surface area contributed by atoms with Crippen LogP contribution < -0.4 is 4.74 Å². The van der Waals surface area contributed by atoms with Crippen LogP contribution in [-0.4, -0.2) is 20.6 Å². The standard InChI is InChI=1S/C18H14BrN3O5/c1-21-11-20-17(12-2-4-13(19)5-3-12)16(21)10-26-18(23)27-15-8-6-14(7-9-15)22(24)25/h2-9,11H,10H2,1H3. The summed E-state index contributed by atoms with van der Waals surface area (Å²) in [5, 5.41) is 10.6. The highest BCUT2D eigenvalue weighted by molar-refractivity contribution is 9.10. The molecule has 0 bridgehead atoms. The van der Waals surface area contributed by atoms with Crippen LogP contribution in [0, 0.1) is 10.1 Å². The van der Waals surface area contributed by atoms with Crippen LogP contribution in [0.25, 0.3) is 11.3 Å². The second-order valence-corrected chi connectivity index (χ2v) is 6.47. The molecule has 9 heteroatoms. The molecule has 0 radical (unpaired) electrons. The van der Waals surface area contributed by atoms with Crippen molar-refractivity contribution >= 4 is 27.8 Å². The number of benzene rings is 2. The third-order valence-electron chi connectivity index (χ3n) is 3.75. The second kappa shape index (κ2) is 8.00. The van der Waals surface area contributed by atoms with Crippen LogP contribution in [0.4, 0.5) is 10.5 Å². The van der Waals surface area contributed by atoms with Crippen molar-refractivity contribution in [3.05, 3.63) is 75.1 Å². The minimum absolute atomic E-state index is 0.0340. The summed E-state index contributed by atoms with van der Waals surface area (Å²) in [4.78, 5) is 26.4. The molecule has 0 saturated carbocycles. The third kappa shape index (κ3) is 4.50. The number of nitro benzene ring substituents is 1. The monoisotopic (exact) mass is 431 g/mol. The summed E-state index contributed by atoms with van der Waals surface area (Å²) in [6.07, 6.45) is 0.726. The number of nitrogens with zero attached hydrogens (tertiary/aromatic N) is 3. The molecule has 0 fully saturated rings. The predicted molar refractivity (Wildman–Crippen MR) is 100 cm³/mol. The number of carbonyl (C=O) groups is 1. The van der Waals surface area contributed by atoms with Crippen molar-refractivity contribution in [1.29, 1.82) is 0 Å². The van der Waals surface area contributed by atoms with Gasteiger partial charge >= 0.3 is 6.16 Å².